The van der Waals surface area contributed by atoms with E-state index in [-0.39, 0.29) is 49.1 Å². The number of methoxy groups -OCH3 is 1. The summed E-state index contributed by atoms with van der Waals surface area (Å²) in [7, 11) is 3.10. The van der Waals surface area contributed by atoms with Gasteiger partial charge >= 0.3 is 5.97 Å². The van der Waals surface area contributed by atoms with Gasteiger partial charge in [-0.2, -0.15) is 0 Å². The predicted molar refractivity (Wildman–Crippen MR) is 115 cm³/mol. The number of hydrogen-bond donors (Lipinski definition) is 1. The van der Waals surface area contributed by atoms with E-state index in [1.807, 2.05) is 11.4 Å². The van der Waals surface area contributed by atoms with Crippen LogP contribution in [0.3, 0.4) is 0 Å². The molecule has 0 unspecified atom stereocenters. The fourth-order valence-electron chi connectivity index (χ4n) is 3.97. The molecule has 2 aromatic rings. The van der Waals surface area contributed by atoms with Crippen molar-refractivity contribution in [3.8, 4) is 5.75 Å². The van der Waals surface area contributed by atoms with E-state index in [4.69, 9.17) is 14.2 Å². The second-order valence-electron chi connectivity index (χ2n) is 7.59. The lowest BCUT2D eigenvalue weighted by Gasteiger charge is -2.42. The Hall–Kier alpha value is -2.91. The van der Waals surface area contributed by atoms with E-state index >= 15 is 0 Å². The van der Waals surface area contributed by atoms with Gasteiger partial charge in [0.2, 0.25) is 0 Å². The molecular formula is C22H24N2O6S. The number of amides is 2. The summed E-state index contributed by atoms with van der Waals surface area (Å²) in [5.41, 5.74) is 0.916. The third-order valence-electron chi connectivity index (χ3n) is 5.64. The lowest BCUT2D eigenvalue weighted by Crippen LogP contribution is -2.53. The maximum Gasteiger partial charge on any atom is 0.308 e. The van der Waals surface area contributed by atoms with Crippen LogP contribution in [0.15, 0.2) is 35.7 Å². The molecule has 0 bridgehead atoms. The summed E-state index contributed by atoms with van der Waals surface area (Å²) in [5.74, 6) is -0.308. The van der Waals surface area contributed by atoms with Gasteiger partial charge in [0.25, 0.3) is 11.8 Å². The molecule has 2 aliphatic rings. The maximum absolute atomic E-state index is 13.2. The summed E-state index contributed by atoms with van der Waals surface area (Å²) in [5, 5.41) is 4.66. The third-order valence-corrected chi connectivity index (χ3v) is 6.51. The van der Waals surface area contributed by atoms with Crippen LogP contribution >= 0.6 is 11.3 Å². The molecule has 2 amide bonds. The Labute approximate surface area is 184 Å². The van der Waals surface area contributed by atoms with Crippen LogP contribution in [0.5, 0.6) is 5.75 Å². The first-order valence-corrected chi connectivity index (χ1v) is 11.0. The highest BCUT2D eigenvalue weighted by molar-refractivity contribution is 7.12. The van der Waals surface area contributed by atoms with Gasteiger partial charge in [-0.05, 0) is 42.5 Å². The number of nitrogens with one attached hydrogen (secondary N) is 1. The molecule has 8 nitrogen and oxygen atoms in total. The summed E-state index contributed by atoms with van der Waals surface area (Å²) in [6, 6.07) is 8.42. The first-order chi connectivity index (χ1) is 15.0. The van der Waals surface area contributed by atoms with Gasteiger partial charge in [-0.25, -0.2) is 0 Å². The molecule has 0 aliphatic carbocycles. The van der Waals surface area contributed by atoms with Gasteiger partial charge < -0.3 is 24.4 Å². The smallest absolute Gasteiger partial charge is 0.308 e. The van der Waals surface area contributed by atoms with Crippen LogP contribution in [-0.2, 0) is 14.3 Å². The first-order valence-electron chi connectivity index (χ1n) is 10.1. The normalized spacial score (nSPS) is 23.0. The highest BCUT2D eigenvalue weighted by atomic mass is 32.1. The summed E-state index contributed by atoms with van der Waals surface area (Å²) < 4.78 is 16.7. The molecule has 1 aromatic heterocycles. The van der Waals surface area contributed by atoms with Gasteiger partial charge in [0.15, 0.2) is 0 Å². The Morgan fingerprint density at radius 3 is 2.87 bits per heavy atom. The molecule has 0 spiro atoms. The van der Waals surface area contributed by atoms with E-state index < -0.39 is 0 Å². The molecule has 3 heterocycles. The van der Waals surface area contributed by atoms with E-state index in [0.29, 0.717) is 34.7 Å². The average Bonchev–Trinajstić information content (AvgIpc) is 3.32. The van der Waals surface area contributed by atoms with Gasteiger partial charge in [0, 0.05) is 12.7 Å². The maximum atomic E-state index is 13.2. The minimum Gasteiger partial charge on any atom is -0.490 e. The fraction of sp³-hybridized carbons (Fsp3) is 0.409. The SMILES string of the molecule is COC(=O)C[C@H]1CC[C@H]2[C@@H](COc3ccc(NC(=O)c4cccs4)cc3C(=O)N2C)O1. The second-order valence-corrected chi connectivity index (χ2v) is 8.54. The van der Waals surface area contributed by atoms with Crippen LogP contribution in [0.25, 0.3) is 0 Å². The monoisotopic (exact) mass is 444 g/mol. The molecule has 1 N–H and O–H groups in total. The van der Waals surface area contributed by atoms with Crippen LogP contribution in [0.2, 0.25) is 0 Å². The summed E-state index contributed by atoms with van der Waals surface area (Å²) >= 11 is 1.35. The van der Waals surface area contributed by atoms with Crippen LogP contribution in [0.1, 0.15) is 39.3 Å². The van der Waals surface area contributed by atoms with Crippen LogP contribution in [0, 0.1) is 0 Å². The highest BCUT2D eigenvalue weighted by Gasteiger charge is 2.39. The topological polar surface area (TPSA) is 94.2 Å². The number of benzene rings is 1. The Bertz CT molecular complexity index is 976. The van der Waals surface area contributed by atoms with Gasteiger partial charge in [-0.1, -0.05) is 6.07 Å². The Kier molecular flexibility index (Phi) is 6.24. The molecule has 31 heavy (non-hydrogen) atoms. The molecular weight excluding hydrogens is 420 g/mol. The van der Waals surface area contributed by atoms with E-state index in [0.717, 1.165) is 0 Å². The average molecular weight is 445 g/mol. The number of thiophene rings is 1. The number of likely N-dealkylation sites (N-methyl/N-ethyl adjacent to an activating group) is 1. The lowest BCUT2D eigenvalue weighted by molar-refractivity contribution is -0.151. The van der Waals surface area contributed by atoms with Crippen molar-refractivity contribution >= 4 is 34.8 Å². The number of nitrogens with zero attached hydrogens (tertiary/aromatic N) is 1. The zero-order valence-electron chi connectivity index (χ0n) is 17.3. The summed E-state index contributed by atoms with van der Waals surface area (Å²) in [6.07, 6.45) is 0.930. The number of hydrogen-bond acceptors (Lipinski definition) is 7. The molecule has 1 saturated heterocycles. The number of anilines is 1. The molecule has 0 radical (unpaired) electrons. The number of carbonyl (C=O) groups excluding carboxylic acids is 3. The van der Waals surface area contributed by atoms with Crippen molar-refractivity contribution in [3.63, 3.8) is 0 Å². The molecule has 3 atom stereocenters. The molecule has 9 heteroatoms. The van der Waals surface area contributed by atoms with Crippen LogP contribution in [0.4, 0.5) is 5.69 Å². The predicted octanol–water partition coefficient (Wildman–Crippen LogP) is 2.94. The van der Waals surface area contributed by atoms with E-state index in [2.05, 4.69) is 5.32 Å². The molecule has 0 saturated carbocycles. The molecule has 1 fully saturated rings. The molecule has 2 aliphatic heterocycles. The largest absolute Gasteiger partial charge is 0.490 e. The van der Waals surface area contributed by atoms with Crippen molar-refractivity contribution < 1.29 is 28.6 Å². The number of rotatable bonds is 4. The van der Waals surface area contributed by atoms with Crippen molar-refractivity contribution in [1.29, 1.82) is 0 Å². The fourth-order valence-corrected chi connectivity index (χ4v) is 4.59. The number of ether oxygens (including phenoxy) is 3. The zero-order valence-corrected chi connectivity index (χ0v) is 18.1. The minimum absolute atomic E-state index is 0.168. The van der Waals surface area contributed by atoms with Crippen molar-refractivity contribution in [3.05, 3.63) is 46.2 Å². The lowest BCUT2D eigenvalue weighted by atomic mass is 9.94. The van der Waals surface area contributed by atoms with Gasteiger partial charge in [0.1, 0.15) is 18.5 Å². The minimum atomic E-state index is -0.344. The third kappa shape index (κ3) is 4.57. The van der Waals surface area contributed by atoms with Crippen molar-refractivity contribution in [2.24, 2.45) is 0 Å². The second kappa shape index (κ2) is 9.07. The summed E-state index contributed by atoms with van der Waals surface area (Å²) in [4.78, 5) is 39.4. The first kappa shape index (κ1) is 21.3. The molecule has 164 valence electrons. The van der Waals surface area contributed by atoms with E-state index in [9.17, 15) is 14.4 Å². The number of fused-ring (bicyclic) bond motifs is 2. The van der Waals surface area contributed by atoms with Crippen LogP contribution in [-0.4, -0.2) is 61.7 Å². The van der Waals surface area contributed by atoms with Crippen LogP contribution < -0.4 is 10.1 Å². The van der Waals surface area contributed by atoms with Gasteiger partial charge in [0.05, 0.1) is 36.1 Å². The van der Waals surface area contributed by atoms with Crippen molar-refractivity contribution in [2.45, 2.75) is 37.5 Å². The standard InChI is InChI=1S/C22H24N2O6S/c1-24-16-7-6-14(11-20(25)28-2)30-18(16)12-29-17-8-5-13(10-15(17)22(24)27)23-21(26)19-4-3-9-31-19/h3-5,8-10,14,16,18H,6-7,11-12H2,1-2H3,(H,23,26)/t14-,16+,18-/m1/s1. The van der Waals surface area contributed by atoms with Crippen molar-refractivity contribution in [2.75, 3.05) is 26.1 Å². The quantitative estimate of drug-likeness (QED) is 0.729. The van der Waals surface area contributed by atoms with Crippen molar-refractivity contribution in [1.82, 2.24) is 4.90 Å². The van der Waals surface area contributed by atoms with Gasteiger partial charge in [-0.15, -0.1) is 11.3 Å². The Balaban J connectivity index is 1.52. The van der Waals surface area contributed by atoms with E-state index in [1.54, 1.807) is 36.2 Å². The molecule has 1 aromatic carbocycles. The molecule has 4 rings (SSSR count). The Morgan fingerprint density at radius 2 is 2.13 bits per heavy atom. The number of esters is 1. The zero-order chi connectivity index (χ0) is 22.0. The Morgan fingerprint density at radius 1 is 1.29 bits per heavy atom. The number of carbonyl (C=O) groups is 3. The highest BCUT2D eigenvalue weighted by Crippen LogP contribution is 2.32. The summed E-state index contributed by atoms with van der Waals surface area (Å²) in [6.45, 7) is 0.258. The van der Waals surface area contributed by atoms with Gasteiger partial charge in [-0.3, -0.25) is 14.4 Å². The van der Waals surface area contributed by atoms with E-state index in [1.165, 1.54) is 18.4 Å².